The molecule has 0 aromatic carbocycles. The average Bonchev–Trinajstić information content (AvgIpc) is 3.17. The van der Waals surface area contributed by atoms with Crippen LogP contribution in [0, 0.1) is 28.9 Å². The topological polar surface area (TPSA) is 68.1 Å². The van der Waals surface area contributed by atoms with E-state index >= 15 is 0 Å². The molecule has 0 saturated heterocycles. The van der Waals surface area contributed by atoms with Crippen LogP contribution in [0.1, 0.15) is 31.4 Å². The molecule has 1 heterocycles. The van der Waals surface area contributed by atoms with Crippen LogP contribution in [-0.2, 0) is 0 Å². The molecule has 5 heteroatoms. The monoisotopic (exact) mass is 247 g/mol. The molecule has 2 saturated carbocycles. The van der Waals surface area contributed by atoms with E-state index in [1.807, 2.05) is 0 Å². The van der Waals surface area contributed by atoms with Gasteiger partial charge in [-0.1, -0.05) is 0 Å². The third kappa shape index (κ3) is 2.30. The first-order valence-corrected chi connectivity index (χ1v) is 6.53. The van der Waals surface area contributed by atoms with E-state index in [0.29, 0.717) is 11.7 Å². The lowest BCUT2D eigenvalue weighted by Gasteiger charge is -2.18. The zero-order chi connectivity index (χ0) is 12.7. The minimum Gasteiger partial charge on any atom is -0.367 e. The maximum atomic E-state index is 10.7. The van der Waals surface area contributed by atoms with Crippen molar-refractivity contribution in [2.24, 2.45) is 11.8 Å². The summed E-state index contributed by atoms with van der Waals surface area (Å²) < 4.78 is 0. The highest BCUT2D eigenvalue weighted by Gasteiger charge is 2.41. The Balaban J connectivity index is 1.75. The summed E-state index contributed by atoms with van der Waals surface area (Å²) in [6.07, 6.45) is 5.22. The van der Waals surface area contributed by atoms with Crippen LogP contribution in [-0.4, -0.2) is 15.9 Å². The van der Waals surface area contributed by atoms with Gasteiger partial charge >= 0.3 is 0 Å². The number of aryl methyl sites for hydroxylation is 1. The summed E-state index contributed by atoms with van der Waals surface area (Å²) in [5, 5.41) is 14.2. The van der Waals surface area contributed by atoms with Gasteiger partial charge in [0.15, 0.2) is 0 Å². The molecule has 1 aromatic heterocycles. The van der Waals surface area contributed by atoms with E-state index in [2.05, 4.69) is 10.3 Å². The molecule has 1 N–H and O–H groups in total. The largest absolute Gasteiger partial charge is 0.367 e. The smallest absolute Gasteiger partial charge is 0.290 e. The van der Waals surface area contributed by atoms with Gasteiger partial charge in [0.25, 0.3) is 5.69 Å². The van der Waals surface area contributed by atoms with Crippen molar-refractivity contribution in [1.82, 2.24) is 4.98 Å². The number of anilines is 1. The van der Waals surface area contributed by atoms with Crippen molar-refractivity contribution in [2.45, 2.75) is 38.6 Å². The lowest BCUT2D eigenvalue weighted by molar-refractivity contribution is -0.385. The minimum absolute atomic E-state index is 0.0925. The van der Waals surface area contributed by atoms with E-state index in [9.17, 15) is 10.1 Å². The van der Waals surface area contributed by atoms with Crippen LogP contribution in [0.5, 0.6) is 0 Å². The number of hydrogen-bond donors (Lipinski definition) is 1. The molecule has 0 aliphatic heterocycles. The number of pyridine rings is 1. The van der Waals surface area contributed by atoms with Crippen LogP contribution in [0.2, 0.25) is 0 Å². The van der Waals surface area contributed by atoms with E-state index in [1.165, 1.54) is 25.7 Å². The first-order valence-electron chi connectivity index (χ1n) is 6.53. The Morgan fingerprint density at radius 1 is 1.33 bits per heavy atom. The van der Waals surface area contributed by atoms with Gasteiger partial charge in [-0.15, -0.1) is 0 Å². The summed E-state index contributed by atoms with van der Waals surface area (Å²) in [5.74, 6) is 2.35. The van der Waals surface area contributed by atoms with Gasteiger partial charge in [0.05, 0.1) is 4.92 Å². The summed E-state index contributed by atoms with van der Waals surface area (Å²) in [6, 6.07) is 3.79. The van der Waals surface area contributed by atoms with E-state index in [0.717, 1.165) is 17.7 Å². The standard InChI is InChI=1S/C13H17N3O2/c1-8-11(16(17)18)6-7-12(14-8)15-13(9-2-3-9)10-4-5-10/h6-7,9-10,13H,2-5H2,1H3,(H,14,15). The van der Waals surface area contributed by atoms with Gasteiger partial charge < -0.3 is 5.32 Å². The van der Waals surface area contributed by atoms with Gasteiger partial charge in [-0.25, -0.2) is 4.98 Å². The highest BCUT2D eigenvalue weighted by molar-refractivity contribution is 5.45. The average molecular weight is 247 g/mol. The molecule has 1 aromatic rings. The summed E-state index contributed by atoms with van der Waals surface area (Å²) in [5.41, 5.74) is 0.574. The van der Waals surface area contributed by atoms with Gasteiger partial charge in [0.1, 0.15) is 11.5 Å². The Hall–Kier alpha value is -1.65. The number of nitrogens with one attached hydrogen (secondary N) is 1. The van der Waals surface area contributed by atoms with Crippen molar-refractivity contribution in [1.29, 1.82) is 0 Å². The van der Waals surface area contributed by atoms with Crippen LogP contribution in [0.15, 0.2) is 12.1 Å². The summed E-state index contributed by atoms with van der Waals surface area (Å²) in [6.45, 7) is 1.69. The van der Waals surface area contributed by atoms with Gasteiger partial charge in [-0.3, -0.25) is 10.1 Å². The maximum absolute atomic E-state index is 10.7. The molecule has 2 fully saturated rings. The second-order valence-corrected chi connectivity index (χ2v) is 5.40. The third-order valence-corrected chi connectivity index (χ3v) is 3.83. The third-order valence-electron chi connectivity index (χ3n) is 3.83. The fourth-order valence-electron chi connectivity index (χ4n) is 2.53. The lowest BCUT2D eigenvalue weighted by Crippen LogP contribution is -2.24. The van der Waals surface area contributed by atoms with E-state index in [1.54, 1.807) is 19.1 Å². The van der Waals surface area contributed by atoms with E-state index < -0.39 is 0 Å². The zero-order valence-corrected chi connectivity index (χ0v) is 10.4. The fraction of sp³-hybridized carbons (Fsp3) is 0.615. The van der Waals surface area contributed by atoms with Crippen molar-refractivity contribution in [3.8, 4) is 0 Å². The van der Waals surface area contributed by atoms with Crippen LogP contribution >= 0.6 is 0 Å². The van der Waals surface area contributed by atoms with Crippen molar-refractivity contribution in [2.75, 3.05) is 5.32 Å². The van der Waals surface area contributed by atoms with Gasteiger partial charge in [0, 0.05) is 12.1 Å². The highest BCUT2D eigenvalue weighted by atomic mass is 16.6. The molecule has 5 nitrogen and oxygen atoms in total. The second kappa shape index (κ2) is 4.23. The summed E-state index contributed by atoms with van der Waals surface area (Å²) in [7, 11) is 0. The molecular formula is C13H17N3O2. The summed E-state index contributed by atoms with van der Waals surface area (Å²) in [4.78, 5) is 14.7. The molecule has 0 bridgehead atoms. The fourth-order valence-corrected chi connectivity index (χ4v) is 2.53. The van der Waals surface area contributed by atoms with Crippen LogP contribution < -0.4 is 5.32 Å². The van der Waals surface area contributed by atoms with Crippen molar-refractivity contribution in [3.63, 3.8) is 0 Å². The predicted octanol–water partition coefficient (Wildman–Crippen LogP) is 2.90. The first kappa shape index (κ1) is 11.4. The van der Waals surface area contributed by atoms with E-state index in [-0.39, 0.29) is 10.6 Å². The van der Waals surface area contributed by atoms with Gasteiger partial charge in [0.2, 0.25) is 0 Å². The Labute approximate surface area is 106 Å². The second-order valence-electron chi connectivity index (χ2n) is 5.40. The molecular weight excluding hydrogens is 230 g/mol. The van der Waals surface area contributed by atoms with Crippen molar-refractivity contribution >= 4 is 11.5 Å². The minimum atomic E-state index is -0.384. The number of aromatic nitrogens is 1. The number of nitro groups is 1. The molecule has 96 valence electrons. The molecule has 0 spiro atoms. The molecule has 2 aliphatic carbocycles. The quantitative estimate of drug-likeness (QED) is 0.641. The zero-order valence-electron chi connectivity index (χ0n) is 10.4. The van der Waals surface area contributed by atoms with Gasteiger partial charge in [-0.2, -0.15) is 0 Å². The first-order chi connectivity index (χ1) is 8.65. The molecule has 0 atom stereocenters. The number of hydrogen-bond acceptors (Lipinski definition) is 4. The lowest BCUT2D eigenvalue weighted by atomic mass is 10.1. The normalized spacial score (nSPS) is 19.0. The Morgan fingerprint density at radius 2 is 1.94 bits per heavy atom. The number of nitrogens with zero attached hydrogens (tertiary/aromatic N) is 2. The van der Waals surface area contributed by atoms with Gasteiger partial charge in [-0.05, 0) is 50.5 Å². The van der Waals surface area contributed by atoms with E-state index in [4.69, 9.17) is 0 Å². The van der Waals surface area contributed by atoms with Crippen molar-refractivity contribution in [3.05, 3.63) is 27.9 Å². The SMILES string of the molecule is Cc1nc(NC(C2CC2)C2CC2)ccc1[N+](=O)[O-]. The molecule has 18 heavy (non-hydrogen) atoms. The van der Waals surface area contributed by atoms with Crippen molar-refractivity contribution < 1.29 is 4.92 Å². The molecule has 2 aliphatic rings. The molecule has 0 amide bonds. The Morgan fingerprint density at radius 3 is 2.39 bits per heavy atom. The van der Waals surface area contributed by atoms with Crippen LogP contribution in [0.4, 0.5) is 11.5 Å². The van der Waals surface area contributed by atoms with Crippen LogP contribution in [0.25, 0.3) is 0 Å². The maximum Gasteiger partial charge on any atom is 0.290 e. The molecule has 0 radical (unpaired) electrons. The summed E-state index contributed by atoms with van der Waals surface area (Å²) >= 11 is 0. The van der Waals surface area contributed by atoms with Crippen LogP contribution in [0.3, 0.4) is 0 Å². The number of rotatable bonds is 5. The Bertz CT molecular complexity index is 469. The predicted molar refractivity (Wildman–Crippen MR) is 68.5 cm³/mol. The highest BCUT2D eigenvalue weighted by Crippen LogP contribution is 2.45. The molecule has 0 unspecified atom stereocenters. The Kier molecular flexibility index (Phi) is 2.69. The molecule has 3 rings (SSSR count).